The summed E-state index contributed by atoms with van der Waals surface area (Å²) in [6, 6.07) is 4.86. The maximum absolute atomic E-state index is 12.9. The first-order chi connectivity index (χ1) is 12.9. The quantitative estimate of drug-likeness (QED) is 0.786. The first-order valence-corrected chi connectivity index (χ1v) is 9.28. The Balaban J connectivity index is 1.79. The molecular formula is C19H24ClN3O4. The summed E-state index contributed by atoms with van der Waals surface area (Å²) >= 11 is 6.19. The molecule has 3 rings (SSSR count). The smallest absolute Gasteiger partial charge is 0.322 e. The Kier molecular flexibility index (Phi) is 5.79. The summed E-state index contributed by atoms with van der Waals surface area (Å²) in [6.45, 7) is 4.73. The number of aromatic nitrogens is 1. The van der Waals surface area contributed by atoms with Gasteiger partial charge in [0.1, 0.15) is 23.0 Å². The zero-order valence-corrected chi connectivity index (χ0v) is 16.7. The van der Waals surface area contributed by atoms with Crippen LogP contribution in [0.25, 0.3) is 0 Å². The molecule has 2 aromatic rings. The predicted octanol–water partition coefficient (Wildman–Crippen LogP) is 4.84. The average Bonchev–Trinajstić information content (AvgIpc) is 3.31. The molecule has 1 unspecified atom stereocenters. The maximum Gasteiger partial charge on any atom is 0.322 e. The van der Waals surface area contributed by atoms with Gasteiger partial charge in [-0.1, -0.05) is 30.6 Å². The molecule has 0 saturated carbocycles. The lowest BCUT2D eigenvalue weighted by Crippen LogP contribution is -2.34. The SMILES string of the molecule is COc1cc(OC)c(NC(=O)N2CCCC2c2cc(C(C)C)on2)cc1Cl. The largest absolute Gasteiger partial charge is 0.495 e. The third kappa shape index (κ3) is 3.98. The minimum atomic E-state index is -0.230. The van der Waals surface area contributed by atoms with Crippen molar-refractivity contribution in [1.29, 1.82) is 0 Å². The van der Waals surface area contributed by atoms with Gasteiger partial charge in [0.25, 0.3) is 0 Å². The number of nitrogens with one attached hydrogen (secondary N) is 1. The molecule has 1 aliphatic rings. The Hall–Kier alpha value is -2.41. The number of hydrogen-bond acceptors (Lipinski definition) is 5. The van der Waals surface area contributed by atoms with Crippen LogP contribution in [0.4, 0.5) is 10.5 Å². The molecule has 0 aliphatic carbocycles. The van der Waals surface area contributed by atoms with Crippen molar-refractivity contribution in [2.45, 2.75) is 38.6 Å². The molecule has 2 heterocycles. The van der Waals surface area contributed by atoms with Crippen LogP contribution in [0, 0.1) is 0 Å². The van der Waals surface area contributed by atoms with Crippen LogP contribution in [0.15, 0.2) is 22.7 Å². The number of amides is 2. The van der Waals surface area contributed by atoms with E-state index >= 15 is 0 Å². The molecule has 0 radical (unpaired) electrons. The minimum Gasteiger partial charge on any atom is -0.495 e. The highest BCUT2D eigenvalue weighted by atomic mass is 35.5. The molecule has 1 aromatic heterocycles. The van der Waals surface area contributed by atoms with E-state index in [9.17, 15) is 4.79 Å². The molecule has 1 atom stereocenters. The van der Waals surface area contributed by atoms with E-state index in [0.717, 1.165) is 24.3 Å². The van der Waals surface area contributed by atoms with Crippen LogP contribution in [0.1, 0.15) is 50.1 Å². The Bertz CT molecular complexity index is 821. The van der Waals surface area contributed by atoms with Crippen molar-refractivity contribution < 1.29 is 18.8 Å². The molecular weight excluding hydrogens is 370 g/mol. The third-order valence-electron chi connectivity index (χ3n) is 4.69. The fraction of sp³-hybridized carbons (Fsp3) is 0.474. The topological polar surface area (TPSA) is 76.8 Å². The van der Waals surface area contributed by atoms with Crippen LogP contribution in [-0.2, 0) is 0 Å². The number of halogens is 1. The van der Waals surface area contributed by atoms with Gasteiger partial charge in [0.15, 0.2) is 0 Å². The van der Waals surface area contributed by atoms with Crippen LogP contribution >= 0.6 is 11.6 Å². The number of hydrogen-bond donors (Lipinski definition) is 1. The zero-order valence-electron chi connectivity index (χ0n) is 15.9. The zero-order chi connectivity index (χ0) is 19.6. The summed E-state index contributed by atoms with van der Waals surface area (Å²) in [5.41, 5.74) is 1.27. The molecule has 0 bridgehead atoms. The number of urea groups is 1. The van der Waals surface area contributed by atoms with Crippen molar-refractivity contribution in [2.24, 2.45) is 0 Å². The number of rotatable bonds is 5. The number of likely N-dealkylation sites (tertiary alicyclic amines) is 1. The van der Waals surface area contributed by atoms with Gasteiger partial charge >= 0.3 is 6.03 Å². The number of anilines is 1. The van der Waals surface area contributed by atoms with Crippen LogP contribution in [0.5, 0.6) is 11.5 Å². The summed E-state index contributed by atoms with van der Waals surface area (Å²) in [7, 11) is 3.05. The molecule has 8 heteroatoms. The van der Waals surface area contributed by atoms with E-state index in [-0.39, 0.29) is 18.0 Å². The number of carbonyl (C=O) groups excluding carboxylic acids is 1. The summed E-state index contributed by atoms with van der Waals surface area (Å²) in [6.07, 6.45) is 1.75. The molecule has 1 N–H and O–H groups in total. The first kappa shape index (κ1) is 19.4. The molecule has 0 spiro atoms. The van der Waals surface area contributed by atoms with E-state index in [4.69, 9.17) is 25.6 Å². The van der Waals surface area contributed by atoms with Crippen molar-refractivity contribution in [3.63, 3.8) is 0 Å². The highest BCUT2D eigenvalue weighted by Crippen LogP contribution is 2.37. The molecule has 1 saturated heterocycles. The van der Waals surface area contributed by atoms with Gasteiger partial charge in [-0.2, -0.15) is 0 Å². The number of carbonyl (C=O) groups is 1. The number of ether oxygens (including phenoxy) is 2. The fourth-order valence-corrected chi connectivity index (χ4v) is 3.44. The second-order valence-electron chi connectivity index (χ2n) is 6.78. The molecule has 1 fully saturated rings. The maximum atomic E-state index is 12.9. The lowest BCUT2D eigenvalue weighted by molar-refractivity contribution is 0.204. The van der Waals surface area contributed by atoms with Crippen molar-refractivity contribution in [2.75, 3.05) is 26.1 Å². The molecule has 2 amide bonds. The summed E-state index contributed by atoms with van der Waals surface area (Å²) in [5.74, 6) is 2.03. The second-order valence-corrected chi connectivity index (χ2v) is 7.18. The standard InChI is InChI=1S/C19H24ClN3O4/c1-11(2)16-9-13(22-27-16)15-6-5-7-23(15)19(24)21-14-8-12(20)17(25-3)10-18(14)26-4/h8-11,15H,5-7H2,1-4H3,(H,21,24). The average molecular weight is 394 g/mol. The van der Waals surface area contributed by atoms with E-state index in [1.165, 1.54) is 14.2 Å². The monoisotopic (exact) mass is 393 g/mol. The van der Waals surface area contributed by atoms with Gasteiger partial charge in [-0.05, 0) is 18.9 Å². The Morgan fingerprint density at radius 1 is 1.30 bits per heavy atom. The number of benzene rings is 1. The van der Waals surface area contributed by atoms with Gasteiger partial charge in [-0.15, -0.1) is 0 Å². The number of nitrogens with zero attached hydrogens (tertiary/aromatic N) is 2. The van der Waals surface area contributed by atoms with Crippen molar-refractivity contribution in [1.82, 2.24) is 10.1 Å². The highest BCUT2D eigenvalue weighted by Gasteiger charge is 2.33. The van der Waals surface area contributed by atoms with Gasteiger partial charge in [0, 0.05) is 24.6 Å². The van der Waals surface area contributed by atoms with Crippen LogP contribution in [-0.4, -0.2) is 36.9 Å². The van der Waals surface area contributed by atoms with Crippen LogP contribution < -0.4 is 14.8 Å². The normalized spacial score (nSPS) is 16.7. The van der Waals surface area contributed by atoms with Gasteiger partial charge in [0.05, 0.1) is 31.0 Å². The Labute approximate surface area is 163 Å². The Morgan fingerprint density at radius 2 is 2.04 bits per heavy atom. The van der Waals surface area contributed by atoms with Crippen LogP contribution in [0.3, 0.4) is 0 Å². The van der Waals surface area contributed by atoms with Crippen LogP contribution in [0.2, 0.25) is 5.02 Å². The summed E-state index contributed by atoms with van der Waals surface area (Å²) < 4.78 is 15.9. The predicted molar refractivity (Wildman–Crippen MR) is 103 cm³/mol. The van der Waals surface area contributed by atoms with Crippen molar-refractivity contribution in [3.8, 4) is 11.5 Å². The van der Waals surface area contributed by atoms with E-state index in [0.29, 0.717) is 28.8 Å². The van der Waals surface area contributed by atoms with Crippen molar-refractivity contribution in [3.05, 3.63) is 34.7 Å². The molecule has 1 aromatic carbocycles. The summed E-state index contributed by atoms with van der Waals surface area (Å²) in [4.78, 5) is 14.7. The van der Waals surface area contributed by atoms with Gasteiger partial charge in [-0.3, -0.25) is 0 Å². The van der Waals surface area contributed by atoms with Gasteiger partial charge in [0.2, 0.25) is 0 Å². The van der Waals surface area contributed by atoms with Gasteiger partial charge in [-0.25, -0.2) is 4.79 Å². The molecule has 1 aliphatic heterocycles. The van der Waals surface area contributed by atoms with Crippen molar-refractivity contribution >= 4 is 23.3 Å². The lowest BCUT2D eigenvalue weighted by Gasteiger charge is -2.24. The summed E-state index contributed by atoms with van der Waals surface area (Å²) in [5, 5.41) is 7.45. The second kappa shape index (κ2) is 8.08. The number of methoxy groups -OCH3 is 2. The van der Waals surface area contributed by atoms with E-state index in [1.807, 2.05) is 19.9 Å². The Morgan fingerprint density at radius 3 is 2.67 bits per heavy atom. The molecule has 27 heavy (non-hydrogen) atoms. The van der Waals surface area contributed by atoms with E-state index in [1.54, 1.807) is 17.0 Å². The molecule has 146 valence electrons. The fourth-order valence-electron chi connectivity index (χ4n) is 3.20. The highest BCUT2D eigenvalue weighted by molar-refractivity contribution is 6.32. The third-order valence-corrected chi connectivity index (χ3v) is 4.98. The first-order valence-electron chi connectivity index (χ1n) is 8.90. The lowest BCUT2D eigenvalue weighted by atomic mass is 10.1. The van der Waals surface area contributed by atoms with E-state index < -0.39 is 0 Å². The van der Waals surface area contributed by atoms with Gasteiger partial charge < -0.3 is 24.2 Å². The molecule has 7 nitrogen and oxygen atoms in total. The van der Waals surface area contributed by atoms with E-state index in [2.05, 4.69) is 10.5 Å². The minimum absolute atomic E-state index is 0.110.